The van der Waals surface area contributed by atoms with Crippen molar-refractivity contribution in [1.82, 2.24) is 4.90 Å². The van der Waals surface area contributed by atoms with Crippen molar-refractivity contribution in [1.29, 1.82) is 0 Å². The monoisotopic (exact) mass is 292 g/mol. The van der Waals surface area contributed by atoms with Crippen LogP contribution in [0, 0.1) is 0 Å². The summed E-state index contributed by atoms with van der Waals surface area (Å²) in [5, 5.41) is 29.5. The fraction of sp³-hybridized carbons (Fsp3) is 0.714. The smallest absolute Gasteiger partial charge is 0.862 e. The average Bonchev–Trinajstić information content (AvgIpc) is 2.34. The molecule has 0 aromatic rings. The van der Waals surface area contributed by atoms with E-state index in [1.54, 1.807) is 6.92 Å². The minimum atomic E-state index is -1.00. The zero-order valence-electron chi connectivity index (χ0n) is 13.3. The predicted molar refractivity (Wildman–Crippen MR) is 76.5 cm³/mol. The first-order valence-electron chi connectivity index (χ1n) is 6.93. The number of rotatable bonds is 11. The summed E-state index contributed by atoms with van der Waals surface area (Å²) in [6.07, 6.45) is 6.41. The van der Waals surface area contributed by atoms with Crippen molar-refractivity contribution < 1.29 is 39.0 Å². The second-order valence-electron chi connectivity index (χ2n) is 4.75. The Morgan fingerprint density at radius 3 is 2.52 bits per heavy atom. The van der Waals surface area contributed by atoms with E-state index in [9.17, 15) is 15.0 Å². The number of nitrogens with zero attached hydrogens (tertiary/aromatic N) is 2. The zero-order valence-corrected chi connectivity index (χ0v) is 13.3. The van der Waals surface area contributed by atoms with E-state index in [1.165, 1.54) is 4.90 Å². The molecule has 0 aromatic heterocycles. The molecule has 6 nitrogen and oxygen atoms in total. The molecule has 21 heavy (non-hydrogen) atoms. The van der Waals surface area contributed by atoms with Crippen LogP contribution in [0.15, 0.2) is 17.1 Å². The number of allylic oxidation sites excluding steroid dienone is 2. The SMILES string of the molecule is CCC/C=C/CCC([O-])=NCN(CC(=O)O)CC(C)O.[Li+]. The van der Waals surface area contributed by atoms with Gasteiger partial charge in [0.05, 0.1) is 19.3 Å². The number of carbonyl (C=O) groups is 1. The van der Waals surface area contributed by atoms with Crippen molar-refractivity contribution in [2.75, 3.05) is 19.8 Å². The van der Waals surface area contributed by atoms with Gasteiger partial charge in [-0.1, -0.05) is 25.5 Å². The molecule has 7 heteroatoms. The number of carboxylic acid groups (broad SMARTS) is 1. The maximum absolute atomic E-state index is 11.5. The Labute approximate surface area is 138 Å². The molecule has 0 saturated heterocycles. The van der Waals surface area contributed by atoms with Crippen LogP contribution in [0.5, 0.6) is 0 Å². The van der Waals surface area contributed by atoms with Gasteiger partial charge in [-0.15, -0.1) is 0 Å². The molecule has 0 aliphatic heterocycles. The van der Waals surface area contributed by atoms with Crippen LogP contribution >= 0.6 is 0 Å². The first-order chi connectivity index (χ1) is 9.45. The number of aliphatic hydroxyl groups excluding tert-OH is 1. The van der Waals surface area contributed by atoms with E-state index < -0.39 is 12.1 Å². The molecule has 0 radical (unpaired) electrons. The van der Waals surface area contributed by atoms with Gasteiger partial charge >= 0.3 is 24.8 Å². The topological polar surface area (TPSA) is 96.2 Å². The Morgan fingerprint density at radius 1 is 1.38 bits per heavy atom. The summed E-state index contributed by atoms with van der Waals surface area (Å²) in [5.41, 5.74) is 0. The normalized spacial score (nSPS) is 13.4. The van der Waals surface area contributed by atoms with E-state index in [1.807, 2.05) is 12.2 Å². The maximum atomic E-state index is 11.5. The average molecular weight is 292 g/mol. The molecule has 0 amide bonds. The van der Waals surface area contributed by atoms with Crippen molar-refractivity contribution in [2.45, 2.75) is 45.6 Å². The molecule has 0 fully saturated rings. The summed E-state index contributed by atoms with van der Waals surface area (Å²) in [6.45, 7) is 3.60. The van der Waals surface area contributed by atoms with Gasteiger partial charge in [0, 0.05) is 6.54 Å². The van der Waals surface area contributed by atoms with E-state index in [2.05, 4.69) is 11.9 Å². The Morgan fingerprint density at radius 2 is 2.00 bits per heavy atom. The largest absolute Gasteiger partial charge is 1.00 e. The first kappa shape index (κ1) is 22.5. The molecule has 116 valence electrons. The van der Waals surface area contributed by atoms with Crippen LogP contribution in [0.1, 0.15) is 39.5 Å². The van der Waals surface area contributed by atoms with Gasteiger partial charge in [-0.25, -0.2) is 0 Å². The quantitative estimate of drug-likeness (QED) is 0.192. The molecule has 0 rings (SSSR count). The first-order valence-corrected chi connectivity index (χ1v) is 6.93. The fourth-order valence-corrected chi connectivity index (χ4v) is 1.60. The molecule has 0 spiro atoms. The Bertz CT molecular complexity index is 333. The predicted octanol–water partition coefficient (Wildman–Crippen LogP) is -2.39. The van der Waals surface area contributed by atoms with Gasteiger partial charge in [0.15, 0.2) is 0 Å². The van der Waals surface area contributed by atoms with Crippen molar-refractivity contribution in [3.63, 3.8) is 0 Å². The van der Waals surface area contributed by atoms with Gasteiger partial charge in [0.25, 0.3) is 0 Å². The Hall–Kier alpha value is -0.803. The molecule has 0 saturated carbocycles. The number of aliphatic imine (C=N–C) groups is 1. The fourth-order valence-electron chi connectivity index (χ4n) is 1.60. The van der Waals surface area contributed by atoms with Crippen molar-refractivity contribution in [3.8, 4) is 0 Å². The van der Waals surface area contributed by atoms with Gasteiger partial charge in [-0.05, 0) is 32.1 Å². The molecule has 0 heterocycles. The standard InChI is InChI=1S/C14H26N2O4.Li/c1-3-4-5-6-7-8-13(18)15-11-16(9-12(2)17)10-14(19)20;/h5-6,12,17H,3-4,7-11H2,1-2H3,(H,15,18)(H,19,20);/q;+1/p-1/b6-5+;. The molecular weight excluding hydrogens is 267 g/mol. The van der Waals surface area contributed by atoms with E-state index in [-0.39, 0.29) is 44.5 Å². The maximum Gasteiger partial charge on any atom is 1.00 e. The van der Waals surface area contributed by atoms with Gasteiger partial charge in [0.1, 0.15) is 0 Å². The van der Waals surface area contributed by atoms with Crippen LogP contribution in [-0.2, 0) is 4.79 Å². The summed E-state index contributed by atoms with van der Waals surface area (Å²) in [6, 6.07) is 0. The molecule has 0 bridgehead atoms. The number of unbranched alkanes of at least 4 members (excludes halogenated alkanes) is 1. The van der Waals surface area contributed by atoms with E-state index >= 15 is 0 Å². The summed E-state index contributed by atoms with van der Waals surface area (Å²) >= 11 is 0. The summed E-state index contributed by atoms with van der Waals surface area (Å²) in [7, 11) is 0. The van der Waals surface area contributed by atoms with E-state index in [0.29, 0.717) is 12.8 Å². The zero-order chi connectivity index (χ0) is 15.4. The van der Waals surface area contributed by atoms with Crippen LogP contribution in [-0.4, -0.2) is 52.8 Å². The van der Waals surface area contributed by atoms with Gasteiger partial charge in [-0.2, -0.15) is 0 Å². The van der Waals surface area contributed by atoms with Crippen LogP contribution in [0.25, 0.3) is 0 Å². The summed E-state index contributed by atoms with van der Waals surface area (Å²) < 4.78 is 0. The number of hydrogen-bond donors (Lipinski definition) is 2. The van der Waals surface area contributed by atoms with Gasteiger partial charge in [-0.3, -0.25) is 14.7 Å². The van der Waals surface area contributed by atoms with E-state index in [0.717, 1.165) is 12.8 Å². The van der Waals surface area contributed by atoms with Crippen LogP contribution in [0.2, 0.25) is 0 Å². The van der Waals surface area contributed by atoms with Gasteiger partial charge in [0.2, 0.25) is 0 Å². The summed E-state index contributed by atoms with van der Waals surface area (Å²) in [5.74, 6) is -1.25. The van der Waals surface area contributed by atoms with Crippen LogP contribution in [0.3, 0.4) is 0 Å². The minimum absolute atomic E-state index is 0. The molecular formula is C14H25LiN2O4. The van der Waals surface area contributed by atoms with Gasteiger partial charge < -0.3 is 15.3 Å². The third-order valence-electron chi connectivity index (χ3n) is 2.48. The third-order valence-corrected chi connectivity index (χ3v) is 2.48. The molecule has 0 aliphatic rings. The molecule has 0 aromatic carbocycles. The number of aliphatic hydroxyl groups is 1. The van der Waals surface area contributed by atoms with Crippen LogP contribution < -0.4 is 24.0 Å². The second kappa shape index (κ2) is 14.1. The number of carboxylic acids is 1. The Kier molecular flexibility index (Phi) is 15.1. The third kappa shape index (κ3) is 15.4. The molecule has 2 N–H and O–H groups in total. The molecule has 1 unspecified atom stereocenters. The second-order valence-corrected chi connectivity index (χ2v) is 4.75. The van der Waals surface area contributed by atoms with Crippen molar-refractivity contribution in [2.24, 2.45) is 4.99 Å². The van der Waals surface area contributed by atoms with E-state index in [4.69, 9.17) is 5.11 Å². The van der Waals surface area contributed by atoms with Crippen molar-refractivity contribution >= 4 is 11.9 Å². The number of aliphatic carboxylic acids is 1. The van der Waals surface area contributed by atoms with Crippen molar-refractivity contribution in [3.05, 3.63) is 12.2 Å². The molecule has 0 aliphatic carbocycles. The molecule has 1 atom stereocenters. The minimum Gasteiger partial charge on any atom is -0.862 e. The van der Waals surface area contributed by atoms with Crippen LogP contribution in [0.4, 0.5) is 0 Å². The Balaban J connectivity index is 0. The summed E-state index contributed by atoms with van der Waals surface area (Å²) in [4.78, 5) is 15.9. The number of hydrogen-bond acceptors (Lipinski definition) is 5.